The van der Waals surface area contributed by atoms with Crippen molar-refractivity contribution in [2.45, 2.75) is 13.1 Å². The normalized spacial score (nSPS) is 9.76. The number of hydrogen-bond donors (Lipinski definition) is 1. The standard InChI is InChI=1S/C15H16N2O3.BrH/c1-20-15-8-4-13(5-9-15)11-16-10-12-2-6-14(7-3-12)17(18)19;/h2-9,16H,10-11H2,1H3;1H. The van der Waals surface area contributed by atoms with Crippen molar-refractivity contribution in [3.63, 3.8) is 0 Å². The van der Waals surface area contributed by atoms with Crippen molar-refractivity contribution >= 4 is 22.7 Å². The van der Waals surface area contributed by atoms with Crippen LogP contribution in [0.1, 0.15) is 11.1 Å². The van der Waals surface area contributed by atoms with Crippen LogP contribution in [0.25, 0.3) is 0 Å². The zero-order valence-corrected chi connectivity index (χ0v) is 13.3. The predicted octanol–water partition coefficient (Wildman–Crippen LogP) is 3.47. The molecule has 0 aromatic heterocycles. The summed E-state index contributed by atoms with van der Waals surface area (Å²) in [5, 5.41) is 13.8. The number of ether oxygens (including phenoxy) is 1. The first-order chi connectivity index (χ1) is 9.69. The van der Waals surface area contributed by atoms with Gasteiger partial charge in [0.1, 0.15) is 5.75 Å². The number of benzene rings is 2. The molecule has 0 bridgehead atoms. The van der Waals surface area contributed by atoms with Crippen LogP contribution >= 0.6 is 17.0 Å². The first-order valence-electron chi connectivity index (χ1n) is 6.26. The van der Waals surface area contributed by atoms with Gasteiger partial charge in [0.05, 0.1) is 12.0 Å². The van der Waals surface area contributed by atoms with E-state index in [0.717, 1.165) is 23.4 Å². The topological polar surface area (TPSA) is 64.4 Å². The van der Waals surface area contributed by atoms with Crippen molar-refractivity contribution in [1.29, 1.82) is 0 Å². The molecule has 0 aliphatic rings. The van der Waals surface area contributed by atoms with Gasteiger partial charge in [-0.15, -0.1) is 17.0 Å². The second-order valence-electron chi connectivity index (χ2n) is 4.38. The number of non-ortho nitro benzene ring substituents is 1. The number of nitro groups is 1. The van der Waals surface area contributed by atoms with Crippen LogP contribution in [0.5, 0.6) is 5.75 Å². The fourth-order valence-electron chi connectivity index (χ4n) is 1.83. The quantitative estimate of drug-likeness (QED) is 0.638. The number of nitrogens with one attached hydrogen (secondary N) is 1. The number of methoxy groups -OCH3 is 1. The average molecular weight is 353 g/mol. The van der Waals surface area contributed by atoms with Crippen molar-refractivity contribution in [1.82, 2.24) is 5.32 Å². The van der Waals surface area contributed by atoms with E-state index in [1.165, 1.54) is 12.1 Å². The highest BCUT2D eigenvalue weighted by molar-refractivity contribution is 8.93. The summed E-state index contributed by atoms with van der Waals surface area (Å²) in [6.07, 6.45) is 0. The fraction of sp³-hybridized carbons (Fsp3) is 0.200. The molecule has 112 valence electrons. The number of rotatable bonds is 6. The average Bonchev–Trinajstić information content (AvgIpc) is 2.48. The number of nitro benzene ring substituents is 1. The van der Waals surface area contributed by atoms with E-state index in [1.807, 2.05) is 24.3 Å². The largest absolute Gasteiger partial charge is 0.497 e. The second-order valence-corrected chi connectivity index (χ2v) is 4.38. The molecule has 0 spiro atoms. The van der Waals surface area contributed by atoms with Gasteiger partial charge in [-0.2, -0.15) is 0 Å². The summed E-state index contributed by atoms with van der Waals surface area (Å²) in [7, 11) is 1.64. The van der Waals surface area contributed by atoms with Gasteiger partial charge in [0.15, 0.2) is 0 Å². The molecule has 0 atom stereocenters. The lowest BCUT2D eigenvalue weighted by Gasteiger charge is -2.06. The highest BCUT2D eigenvalue weighted by atomic mass is 79.9. The molecule has 1 N–H and O–H groups in total. The first kappa shape index (κ1) is 17.1. The molecular weight excluding hydrogens is 336 g/mol. The number of hydrogen-bond acceptors (Lipinski definition) is 4. The molecule has 0 aliphatic carbocycles. The minimum Gasteiger partial charge on any atom is -0.497 e. The van der Waals surface area contributed by atoms with Gasteiger partial charge in [-0.05, 0) is 23.3 Å². The Morgan fingerprint density at radius 1 is 1.00 bits per heavy atom. The van der Waals surface area contributed by atoms with Crippen molar-refractivity contribution in [3.8, 4) is 5.75 Å². The van der Waals surface area contributed by atoms with E-state index in [9.17, 15) is 10.1 Å². The summed E-state index contributed by atoms with van der Waals surface area (Å²) in [5.41, 5.74) is 2.29. The van der Waals surface area contributed by atoms with Gasteiger partial charge in [0.25, 0.3) is 5.69 Å². The van der Waals surface area contributed by atoms with E-state index in [4.69, 9.17) is 4.74 Å². The van der Waals surface area contributed by atoms with E-state index >= 15 is 0 Å². The summed E-state index contributed by atoms with van der Waals surface area (Å²) >= 11 is 0. The van der Waals surface area contributed by atoms with E-state index in [1.54, 1.807) is 19.2 Å². The molecule has 0 fully saturated rings. The van der Waals surface area contributed by atoms with Crippen molar-refractivity contribution in [2.24, 2.45) is 0 Å². The fourth-order valence-corrected chi connectivity index (χ4v) is 1.83. The molecule has 6 heteroatoms. The minimum absolute atomic E-state index is 0. The molecule has 2 aromatic carbocycles. The van der Waals surface area contributed by atoms with E-state index in [0.29, 0.717) is 6.54 Å². The van der Waals surface area contributed by atoms with Gasteiger partial charge >= 0.3 is 0 Å². The van der Waals surface area contributed by atoms with Gasteiger partial charge in [-0.3, -0.25) is 10.1 Å². The third-order valence-corrected chi connectivity index (χ3v) is 2.96. The zero-order valence-electron chi connectivity index (χ0n) is 11.6. The Labute approximate surface area is 133 Å². The van der Waals surface area contributed by atoms with Crippen LogP contribution in [0.3, 0.4) is 0 Å². The Morgan fingerprint density at radius 2 is 1.48 bits per heavy atom. The summed E-state index contributed by atoms with van der Waals surface area (Å²) in [6, 6.07) is 14.4. The highest BCUT2D eigenvalue weighted by Gasteiger charge is 2.03. The molecule has 2 rings (SSSR count). The summed E-state index contributed by atoms with van der Waals surface area (Å²) in [4.78, 5) is 10.1. The van der Waals surface area contributed by atoms with Crippen LogP contribution in [0.15, 0.2) is 48.5 Å². The Bertz CT molecular complexity index is 570. The van der Waals surface area contributed by atoms with E-state index in [2.05, 4.69) is 5.32 Å². The third-order valence-electron chi connectivity index (χ3n) is 2.96. The van der Waals surface area contributed by atoms with Crippen LogP contribution < -0.4 is 10.1 Å². The van der Waals surface area contributed by atoms with E-state index in [-0.39, 0.29) is 22.7 Å². The lowest BCUT2D eigenvalue weighted by atomic mass is 10.2. The SMILES string of the molecule is Br.COc1ccc(CNCc2ccc([N+](=O)[O-])cc2)cc1. The van der Waals surface area contributed by atoms with Crippen molar-refractivity contribution in [2.75, 3.05) is 7.11 Å². The van der Waals surface area contributed by atoms with Crippen LogP contribution in [-0.2, 0) is 13.1 Å². The minimum atomic E-state index is -0.394. The van der Waals surface area contributed by atoms with Crippen LogP contribution in [0.4, 0.5) is 5.69 Å². The second kappa shape index (κ2) is 8.39. The van der Waals surface area contributed by atoms with Crippen molar-refractivity contribution < 1.29 is 9.66 Å². The smallest absolute Gasteiger partial charge is 0.269 e. The molecule has 0 amide bonds. The third kappa shape index (κ3) is 5.17. The summed E-state index contributed by atoms with van der Waals surface area (Å²) in [5.74, 6) is 0.837. The molecule has 0 aliphatic heterocycles. The molecule has 5 nitrogen and oxygen atoms in total. The van der Waals surface area contributed by atoms with Crippen LogP contribution in [0.2, 0.25) is 0 Å². The number of nitrogens with zero attached hydrogens (tertiary/aromatic N) is 1. The van der Waals surface area contributed by atoms with Gasteiger partial charge in [-0.1, -0.05) is 24.3 Å². The summed E-state index contributed by atoms with van der Waals surface area (Å²) in [6.45, 7) is 1.41. The van der Waals surface area contributed by atoms with Crippen LogP contribution in [-0.4, -0.2) is 12.0 Å². The predicted molar refractivity (Wildman–Crippen MR) is 87.0 cm³/mol. The Morgan fingerprint density at radius 3 is 1.90 bits per heavy atom. The highest BCUT2D eigenvalue weighted by Crippen LogP contribution is 2.13. The Balaban J connectivity index is 0.00000220. The molecule has 0 saturated carbocycles. The molecule has 0 heterocycles. The first-order valence-corrected chi connectivity index (χ1v) is 6.26. The van der Waals surface area contributed by atoms with Crippen LogP contribution in [0, 0.1) is 10.1 Å². The lowest BCUT2D eigenvalue weighted by Crippen LogP contribution is -2.12. The maximum absolute atomic E-state index is 10.5. The molecule has 0 radical (unpaired) electrons. The molecular formula is C15H17BrN2O3. The zero-order chi connectivity index (χ0) is 14.4. The molecule has 0 saturated heterocycles. The van der Waals surface area contributed by atoms with E-state index < -0.39 is 4.92 Å². The molecule has 0 unspecified atom stereocenters. The van der Waals surface area contributed by atoms with Gasteiger partial charge < -0.3 is 10.1 Å². The Kier molecular flexibility index (Phi) is 6.84. The molecule has 2 aromatic rings. The van der Waals surface area contributed by atoms with Gasteiger partial charge in [-0.25, -0.2) is 0 Å². The van der Waals surface area contributed by atoms with Gasteiger partial charge in [0, 0.05) is 25.2 Å². The number of halogens is 1. The maximum Gasteiger partial charge on any atom is 0.269 e. The molecule has 21 heavy (non-hydrogen) atoms. The Hall–Kier alpha value is -1.92. The summed E-state index contributed by atoms with van der Waals surface area (Å²) < 4.78 is 5.10. The van der Waals surface area contributed by atoms with Crippen molar-refractivity contribution in [3.05, 3.63) is 69.8 Å². The lowest BCUT2D eigenvalue weighted by molar-refractivity contribution is -0.384. The maximum atomic E-state index is 10.5. The van der Waals surface area contributed by atoms with Gasteiger partial charge in [0.2, 0.25) is 0 Å². The monoisotopic (exact) mass is 352 g/mol.